The average Bonchev–Trinajstić information content (AvgIpc) is 2.89. The van der Waals surface area contributed by atoms with Crippen LogP contribution < -0.4 is 15.4 Å². The second-order valence-electron chi connectivity index (χ2n) is 4.71. The fraction of sp³-hybridized carbons (Fsp3) is 0.267. The summed E-state index contributed by atoms with van der Waals surface area (Å²) in [5.41, 5.74) is 0.371. The Morgan fingerprint density at radius 2 is 2.13 bits per heavy atom. The number of carbonyl (C=O) groups excluding carboxylic acids is 1. The fourth-order valence-electron chi connectivity index (χ4n) is 1.86. The van der Waals surface area contributed by atoms with Gasteiger partial charge in [0.15, 0.2) is 0 Å². The van der Waals surface area contributed by atoms with Crippen molar-refractivity contribution in [2.75, 3.05) is 11.9 Å². The molecule has 0 saturated heterocycles. The third-order valence-electron chi connectivity index (χ3n) is 2.90. The van der Waals surface area contributed by atoms with Gasteiger partial charge >= 0.3 is 12.6 Å². The van der Waals surface area contributed by atoms with Crippen molar-refractivity contribution >= 4 is 22.4 Å². The van der Waals surface area contributed by atoms with Crippen molar-refractivity contribution in [2.24, 2.45) is 0 Å². The molecule has 3 N–H and O–H groups in total. The van der Waals surface area contributed by atoms with Gasteiger partial charge in [-0.1, -0.05) is 12.1 Å². The zero-order valence-corrected chi connectivity index (χ0v) is 13.1. The Bertz CT molecular complexity index is 664. The van der Waals surface area contributed by atoms with Gasteiger partial charge in [-0.05, 0) is 36.8 Å². The molecule has 0 aliphatic heterocycles. The van der Waals surface area contributed by atoms with Crippen LogP contribution in [0.3, 0.4) is 0 Å². The minimum atomic E-state index is -2.93. The van der Waals surface area contributed by atoms with Crippen LogP contribution >= 0.6 is 11.3 Å². The summed E-state index contributed by atoms with van der Waals surface area (Å²) in [6, 6.07) is 8.92. The molecule has 1 aromatic heterocycles. The van der Waals surface area contributed by atoms with E-state index in [1.54, 1.807) is 12.1 Å². The maximum absolute atomic E-state index is 12.2. The molecule has 1 aromatic carbocycles. The highest BCUT2D eigenvalue weighted by Gasteiger charge is 2.12. The lowest BCUT2D eigenvalue weighted by atomic mass is 10.1. The summed E-state index contributed by atoms with van der Waals surface area (Å²) in [6.45, 7) is -1.07. The number of hydrogen-bond donors (Lipinski definition) is 3. The first-order valence-corrected chi connectivity index (χ1v) is 7.60. The van der Waals surface area contributed by atoms with Crippen LogP contribution in [0.1, 0.15) is 16.5 Å². The molecule has 2 aromatic rings. The third kappa shape index (κ3) is 5.50. The second kappa shape index (κ2) is 7.89. The van der Waals surface area contributed by atoms with Gasteiger partial charge in [0.05, 0.1) is 11.1 Å². The summed E-state index contributed by atoms with van der Waals surface area (Å²) < 4.78 is 28.6. The topological polar surface area (TPSA) is 70.6 Å². The van der Waals surface area contributed by atoms with Gasteiger partial charge < -0.3 is 15.2 Å². The molecule has 1 atom stereocenters. The molecule has 0 spiro atoms. The highest BCUT2D eigenvalue weighted by Crippen LogP contribution is 2.21. The summed E-state index contributed by atoms with van der Waals surface area (Å²) in [5.74, 6) is -0.0462. The van der Waals surface area contributed by atoms with Gasteiger partial charge in [-0.3, -0.25) is 5.32 Å². The van der Waals surface area contributed by atoms with Crippen LogP contribution in [0.5, 0.6) is 5.75 Å². The summed E-state index contributed by atoms with van der Waals surface area (Å²) >= 11 is 1.43. The van der Waals surface area contributed by atoms with Crippen molar-refractivity contribution in [1.29, 1.82) is 0 Å². The molecule has 0 aliphatic carbocycles. The Labute approximate surface area is 135 Å². The van der Waals surface area contributed by atoms with Crippen LogP contribution in [0.2, 0.25) is 0 Å². The van der Waals surface area contributed by atoms with Crippen LogP contribution in [-0.4, -0.2) is 24.3 Å². The molecule has 0 radical (unpaired) electrons. The molecular weight excluding hydrogens is 326 g/mol. The molecule has 23 heavy (non-hydrogen) atoms. The second-order valence-corrected chi connectivity index (χ2v) is 6.00. The first-order chi connectivity index (χ1) is 10.9. The molecular formula is C15H16F2N2O3S. The number of halogens is 2. The van der Waals surface area contributed by atoms with Gasteiger partial charge in [-0.25, -0.2) is 4.79 Å². The van der Waals surface area contributed by atoms with E-state index in [4.69, 9.17) is 0 Å². The Morgan fingerprint density at radius 3 is 2.78 bits per heavy atom. The maximum atomic E-state index is 12.2. The largest absolute Gasteiger partial charge is 0.435 e. The predicted molar refractivity (Wildman–Crippen MR) is 84.1 cm³/mol. The van der Waals surface area contributed by atoms with Crippen LogP contribution in [0, 0.1) is 6.92 Å². The molecule has 0 fully saturated rings. The van der Waals surface area contributed by atoms with E-state index in [0.29, 0.717) is 10.6 Å². The standard InChI is InChI=1S/C15H16F2N2O3S/c1-9-5-6-13(23-9)19-15(21)18-8-12(20)10-3-2-4-11(7-10)22-14(16)17/h2-7,12,14,20H,8H2,1H3,(H2,18,19,21). The number of carbonyl (C=O) groups is 1. The SMILES string of the molecule is Cc1ccc(NC(=O)NCC(O)c2cccc(OC(F)F)c2)s1. The van der Waals surface area contributed by atoms with Gasteiger partial charge in [0, 0.05) is 11.4 Å². The summed E-state index contributed by atoms with van der Waals surface area (Å²) in [5, 5.41) is 15.9. The maximum Gasteiger partial charge on any atom is 0.387 e. The monoisotopic (exact) mass is 342 g/mol. The number of thiophene rings is 1. The van der Waals surface area contributed by atoms with Gasteiger partial charge in [0.2, 0.25) is 0 Å². The van der Waals surface area contributed by atoms with E-state index < -0.39 is 18.7 Å². The molecule has 1 unspecified atom stereocenters. The number of rotatable bonds is 6. The van der Waals surface area contributed by atoms with Crippen molar-refractivity contribution < 1.29 is 23.4 Å². The molecule has 5 nitrogen and oxygen atoms in total. The van der Waals surface area contributed by atoms with Gasteiger partial charge in [0.1, 0.15) is 5.75 Å². The lowest BCUT2D eigenvalue weighted by Crippen LogP contribution is -2.32. The van der Waals surface area contributed by atoms with E-state index >= 15 is 0 Å². The number of amides is 2. The molecule has 0 bridgehead atoms. The number of aliphatic hydroxyl groups is 1. The first-order valence-electron chi connectivity index (χ1n) is 6.78. The lowest BCUT2D eigenvalue weighted by Gasteiger charge is -2.14. The van der Waals surface area contributed by atoms with Crippen molar-refractivity contribution in [3.8, 4) is 5.75 Å². The van der Waals surface area contributed by atoms with E-state index in [2.05, 4.69) is 15.4 Å². The number of urea groups is 1. The number of hydrogen-bond acceptors (Lipinski definition) is 4. The van der Waals surface area contributed by atoms with E-state index in [0.717, 1.165) is 4.88 Å². The van der Waals surface area contributed by atoms with Crippen LogP contribution in [0.25, 0.3) is 0 Å². The molecule has 2 amide bonds. The number of anilines is 1. The smallest absolute Gasteiger partial charge is 0.387 e. The number of benzene rings is 1. The Kier molecular flexibility index (Phi) is 5.89. The van der Waals surface area contributed by atoms with Crippen molar-refractivity contribution in [3.05, 3.63) is 46.8 Å². The van der Waals surface area contributed by atoms with E-state index in [9.17, 15) is 18.7 Å². The van der Waals surface area contributed by atoms with Crippen LogP contribution in [0.15, 0.2) is 36.4 Å². The summed E-state index contributed by atoms with van der Waals surface area (Å²) in [6.07, 6.45) is -1.04. The minimum Gasteiger partial charge on any atom is -0.435 e. The Morgan fingerprint density at radius 1 is 1.35 bits per heavy atom. The molecule has 0 saturated carbocycles. The average molecular weight is 342 g/mol. The summed E-state index contributed by atoms with van der Waals surface area (Å²) in [7, 11) is 0. The molecule has 0 aliphatic rings. The number of aryl methyl sites for hydroxylation is 1. The summed E-state index contributed by atoms with van der Waals surface area (Å²) in [4.78, 5) is 12.8. The van der Waals surface area contributed by atoms with Crippen LogP contribution in [0.4, 0.5) is 18.6 Å². The zero-order chi connectivity index (χ0) is 16.8. The van der Waals surface area contributed by atoms with E-state index in [1.165, 1.54) is 29.5 Å². The van der Waals surface area contributed by atoms with Gasteiger partial charge in [-0.15, -0.1) is 11.3 Å². The van der Waals surface area contributed by atoms with E-state index in [1.807, 2.05) is 13.0 Å². The highest BCUT2D eigenvalue weighted by molar-refractivity contribution is 7.16. The highest BCUT2D eigenvalue weighted by atomic mass is 32.1. The molecule has 1 heterocycles. The molecule has 124 valence electrons. The van der Waals surface area contributed by atoms with E-state index in [-0.39, 0.29) is 12.3 Å². The third-order valence-corrected chi connectivity index (χ3v) is 3.82. The first kappa shape index (κ1) is 17.2. The van der Waals surface area contributed by atoms with Gasteiger partial charge in [0.25, 0.3) is 0 Å². The molecule has 2 rings (SSSR count). The van der Waals surface area contributed by atoms with Crippen molar-refractivity contribution in [2.45, 2.75) is 19.6 Å². The Balaban J connectivity index is 1.86. The number of nitrogens with one attached hydrogen (secondary N) is 2. The molecule has 8 heteroatoms. The number of ether oxygens (including phenoxy) is 1. The van der Waals surface area contributed by atoms with Gasteiger partial charge in [-0.2, -0.15) is 8.78 Å². The van der Waals surface area contributed by atoms with Crippen molar-refractivity contribution in [3.63, 3.8) is 0 Å². The zero-order valence-electron chi connectivity index (χ0n) is 12.3. The normalized spacial score (nSPS) is 12.0. The lowest BCUT2D eigenvalue weighted by molar-refractivity contribution is -0.0499. The minimum absolute atomic E-state index is 0.0462. The number of alkyl halides is 2. The fourth-order valence-corrected chi connectivity index (χ4v) is 2.63. The number of aliphatic hydroxyl groups excluding tert-OH is 1. The Hall–Kier alpha value is -2.19. The quantitative estimate of drug-likeness (QED) is 0.752. The van der Waals surface area contributed by atoms with Crippen LogP contribution in [-0.2, 0) is 0 Å². The predicted octanol–water partition coefficient (Wildman–Crippen LogP) is 3.51. The van der Waals surface area contributed by atoms with Crippen molar-refractivity contribution in [1.82, 2.24) is 5.32 Å².